The number of anilines is 1. The van der Waals surface area contributed by atoms with Crippen molar-refractivity contribution in [1.29, 1.82) is 0 Å². The van der Waals surface area contributed by atoms with Crippen molar-refractivity contribution in [2.75, 3.05) is 11.9 Å². The smallest absolute Gasteiger partial charge is 0.141 e. The summed E-state index contributed by atoms with van der Waals surface area (Å²) in [7, 11) is 1.48. The molecule has 0 aliphatic heterocycles. The summed E-state index contributed by atoms with van der Waals surface area (Å²) in [5.74, 6) is 0. The van der Waals surface area contributed by atoms with Crippen LogP contribution in [0.15, 0.2) is 42.5 Å². The minimum absolute atomic E-state index is 0.646. The summed E-state index contributed by atoms with van der Waals surface area (Å²) >= 11 is 0. The molecule has 0 radical (unpaired) electrons. The van der Waals surface area contributed by atoms with E-state index in [1.165, 1.54) is 7.05 Å². The summed E-state index contributed by atoms with van der Waals surface area (Å²) in [6.45, 7) is 0. The summed E-state index contributed by atoms with van der Waals surface area (Å²) in [6.07, 6.45) is -1.20. The Morgan fingerprint density at radius 1 is 1.13 bits per heavy atom. The van der Waals surface area contributed by atoms with Gasteiger partial charge in [0.15, 0.2) is 0 Å². The number of carboxylic acid groups (broad SMARTS) is 1. The standard InChI is InChI=1S/C12H11NO2/c1-13(12(14)15)11-8-4-6-9-5-2-3-7-10(9)11/h2-8H,1H3,(H,14,15)/p-1. The zero-order valence-electron chi connectivity index (χ0n) is 8.31. The molecule has 0 aromatic heterocycles. The van der Waals surface area contributed by atoms with Gasteiger partial charge in [-0.15, -0.1) is 0 Å². The maximum absolute atomic E-state index is 10.8. The molecule has 76 valence electrons. The molecule has 0 fully saturated rings. The second-order valence-electron chi connectivity index (χ2n) is 3.32. The van der Waals surface area contributed by atoms with Crippen molar-refractivity contribution < 1.29 is 9.90 Å². The van der Waals surface area contributed by atoms with Gasteiger partial charge in [0.25, 0.3) is 0 Å². The highest BCUT2D eigenvalue weighted by molar-refractivity contribution is 6.00. The highest BCUT2D eigenvalue weighted by Crippen LogP contribution is 2.25. The molecule has 15 heavy (non-hydrogen) atoms. The Labute approximate surface area is 87.6 Å². The van der Waals surface area contributed by atoms with Gasteiger partial charge >= 0.3 is 0 Å². The van der Waals surface area contributed by atoms with Crippen molar-refractivity contribution in [3.63, 3.8) is 0 Å². The first-order valence-corrected chi connectivity index (χ1v) is 4.62. The number of amides is 1. The molecule has 0 bridgehead atoms. The molecule has 3 nitrogen and oxygen atoms in total. The third-order valence-corrected chi connectivity index (χ3v) is 2.40. The lowest BCUT2D eigenvalue weighted by Gasteiger charge is -2.21. The molecule has 0 aliphatic rings. The van der Waals surface area contributed by atoms with Crippen molar-refractivity contribution in [3.8, 4) is 0 Å². The first-order valence-electron chi connectivity index (χ1n) is 4.62. The van der Waals surface area contributed by atoms with Crippen molar-refractivity contribution in [2.45, 2.75) is 0 Å². The average Bonchev–Trinajstić information content (AvgIpc) is 2.27. The fraction of sp³-hybridized carbons (Fsp3) is 0.0833. The Morgan fingerprint density at radius 3 is 2.53 bits per heavy atom. The van der Waals surface area contributed by atoms with Gasteiger partial charge in [0.1, 0.15) is 6.09 Å². The maximum Gasteiger partial charge on any atom is 0.141 e. The second-order valence-corrected chi connectivity index (χ2v) is 3.32. The highest BCUT2D eigenvalue weighted by atomic mass is 16.4. The van der Waals surface area contributed by atoms with E-state index in [4.69, 9.17) is 0 Å². The largest absolute Gasteiger partial charge is 0.530 e. The highest BCUT2D eigenvalue weighted by Gasteiger charge is 2.05. The maximum atomic E-state index is 10.8. The lowest BCUT2D eigenvalue weighted by molar-refractivity contribution is -0.246. The molecule has 3 heteroatoms. The predicted octanol–water partition coefficient (Wildman–Crippen LogP) is 1.62. The lowest BCUT2D eigenvalue weighted by Crippen LogP contribution is -2.38. The van der Waals surface area contributed by atoms with Crippen LogP contribution in [0.5, 0.6) is 0 Å². The molecule has 2 aromatic carbocycles. The minimum Gasteiger partial charge on any atom is -0.530 e. The van der Waals surface area contributed by atoms with Gasteiger partial charge in [-0.1, -0.05) is 36.4 Å². The van der Waals surface area contributed by atoms with Crippen LogP contribution < -0.4 is 10.0 Å². The van der Waals surface area contributed by atoms with Gasteiger partial charge in [-0.05, 0) is 11.5 Å². The van der Waals surface area contributed by atoms with E-state index in [1.54, 1.807) is 6.07 Å². The predicted molar refractivity (Wildman–Crippen MR) is 57.7 cm³/mol. The summed E-state index contributed by atoms with van der Waals surface area (Å²) < 4.78 is 0. The van der Waals surface area contributed by atoms with Crippen molar-refractivity contribution in [1.82, 2.24) is 0 Å². The molecular weight excluding hydrogens is 190 g/mol. The molecular formula is C12H10NO2-. The van der Waals surface area contributed by atoms with Crippen LogP contribution in [0.25, 0.3) is 10.8 Å². The number of hydrogen-bond donors (Lipinski definition) is 0. The van der Waals surface area contributed by atoms with Crippen LogP contribution in [-0.4, -0.2) is 13.1 Å². The number of carbonyl (C=O) groups excluding carboxylic acids is 1. The fourth-order valence-electron chi connectivity index (χ4n) is 1.60. The molecule has 0 atom stereocenters. The molecule has 2 aromatic rings. The molecule has 0 N–H and O–H groups in total. The third kappa shape index (κ3) is 1.64. The van der Waals surface area contributed by atoms with E-state index in [0.717, 1.165) is 15.7 Å². The molecule has 0 saturated heterocycles. The molecule has 1 amide bonds. The van der Waals surface area contributed by atoms with E-state index < -0.39 is 6.09 Å². The Morgan fingerprint density at radius 2 is 1.80 bits per heavy atom. The number of nitrogens with zero attached hydrogens (tertiary/aromatic N) is 1. The van der Waals surface area contributed by atoms with Crippen molar-refractivity contribution >= 4 is 22.6 Å². The van der Waals surface area contributed by atoms with Crippen LogP contribution in [0.3, 0.4) is 0 Å². The Hall–Kier alpha value is -2.03. The van der Waals surface area contributed by atoms with Crippen molar-refractivity contribution in [3.05, 3.63) is 42.5 Å². The monoisotopic (exact) mass is 200 g/mol. The van der Waals surface area contributed by atoms with Crippen LogP contribution in [0.1, 0.15) is 0 Å². The lowest BCUT2D eigenvalue weighted by atomic mass is 10.1. The van der Waals surface area contributed by atoms with Gasteiger partial charge in [0, 0.05) is 18.1 Å². The number of hydrogen-bond acceptors (Lipinski definition) is 2. The topological polar surface area (TPSA) is 43.4 Å². The van der Waals surface area contributed by atoms with Gasteiger partial charge in [-0.3, -0.25) is 0 Å². The van der Waals surface area contributed by atoms with Gasteiger partial charge in [0.2, 0.25) is 0 Å². The van der Waals surface area contributed by atoms with Crippen LogP contribution in [-0.2, 0) is 0 Å². The quantitative estimate of drug-likeness (QED) is 0.702. The Balaban J connectivity index is 2.65. The number of benzene rings is 2. The first-order chi connectivity index (χ1) is 7.20. The first kappa shape index (κ1) is 9.52. The molecule has 2 rings (SSSR count). The number of fused-ring (bicyclic) bond motifs is 1. The van der Waals surface area contributed by atoms with Crippen molar-refractivity contribution in [2.24, 2.45) is 0 Å². The molecule has 0 spiro atoms. The summed E-state index contributed by atoms with van der Waals surface area (Å²) in [6, 6.07) is 13.2. The van der Waals surface area contributed by atoms with E-state index >= 15 is 0 Å². The van der Waals surface area contributed by atoms with Crippen LogP contribution >= 0.6 is 0 Å². The van der Waals surface area contributed by atoms with E-state index in [0.29, 0.717) is 5.69 Å². The van der Waals surface area contributed by atoms with Crippen LogP contribution in [0.4, 0.5) is 10.5 Å². The second kappa shape index (κ2) is 3.61. The SMILES string of the molecule is CN(C(=O)[O-])c1cccc2ccccc12. The minimum atomic E-state index is -1.20. The van der Waals surface area contributed by atoms with Gasteiger partial charge in [-0.25, -0.2) is 0 Å². The van der Waals surface area contributed by atoms with Gasteiger partial charge in [0.05, 0.1) is 0 Å². The summed E-state index contributed by atoms with van der Waals surface area (Å²) in [5.41, 5.74) is 0.646. The van der Waals surface area contributed by atoms with Crippen LogP contribution in [0.2, 0.25) is 0 Å². The summed E-state index contributed by atoms with van der Waals surface area (Å²) in [4.78, 5) is 11.9. The van der Waals surface area contributed by atoms with E-state index in [9.17, 15) is 9.90 Å². The molecule has 0 unspecified atom stereocenters. The number of carbonyl (C=O) groups is 1. The van der Waals surface area contributed by atoms with E-state index in [1.807, 2.05) is 36.4 Å². The fourth-order valence-corrected chi connectivity index (χ4v) is 1.60. The van der Waals surface area contributed by atoms with Gasteiger partial charge in [-0.2, -0.15) is 0 Å². The molecule has 0 saturated carbocycles. The van der Waals surface area contributed by atoms with E-state index in [-0.39, 0.29) is 0 Å². The normalized spacial score (nSPS) is 10.2. The molecule has 0 heterocycles. The van der Waals surface area contributed by atoms with Crippen LogP contribution in [0, 0.1) is 0 Å². The summed E-state index contributed by atoms with van der Waals surface area (Å²) in [5, 5.41) is 12.7. The zero-order chi connectivity index (χ0) is 10.8. The van der Waals surface area contributed by atoms with E-state index in [2.05, 4.69) is 0 Å². The Bertz CT molecular complexity index is 502. The average molecular weight is 200 g/mol. The zero-order valence-corrected chi connectivity index (χ0v) is 8.31. The molecule has 0 aliphatic carbocycles. The Kier molecular flexibility index (Phi) is 2.29. The third-order valence-electron chi connectivity index (χ3n) is 2.40. The van der Waals surface area contributed by atoms with Gasteiger partial charge < -0.3 is 14.8 Å². The number of rotatable bonds is 1.